The summed E-state index contributed by atoms with van der Waals surface area (Å²) in [5.74, 6) is 1.12. The van der Waals surface area contributed by atoms with E-state index in [-0.39, 0.29) is 47.1 Å². The number of benzene rings is 1. The molecular formula is C19H33FIN3O3S. The van der Waals surface area contributed by atoms with Gasteiger partial charge in [0, 0.05) is 19.3 Å². The zero-order chi connectivity index (χ0) is 20.5. The van der Waals surface area contributed by atoms with Crippen LogP contribution in [0.3, 0.4) is 0 Å². The number of hydrogen-bond acceptors (Lipinski definition) is 4. The molecule has 0 saturated carbocycles. The molecule has 0 spiro atoms. The first-order chi connectivity index (χ1) is 12.5. The van der Waals surface area contributed by atoms with Crippen molar-refractivity contribution in [3.63, 3.8) is 0 Å². The van der Waals surface area contributed by atoms with Crippen molar-refractivity contribution in [3.8, 4) is 5.75 Å². The highest BCUT2D eigenvalue weighted by Crippen LogP contribution is 2.21. The molecule has 0 fully saturated rings. The Bertz CT molecular complexity index is 710. The topological polar surface area (TPSA) is 79.8 Å². The smallest absolute Gasteiger partial charge is 0.191 e. The maximum Gasteiger partial charge on any atom is 0.191 e. The van der Waals surface area contributed by atoms with Crippen LogP contribution in [0.2, 0.25) is 0 Å². The molecule has 1 unspecified atom stereocenters. The number of guanidine groups is 1. The van der Waals surface area contributed by atoms with E-state index in [0.717, 1.165) is 0 Å². The summed E-state index contributed by atoms with van der Waals surface area (Å²) < 4.78 is 41.4. The minimum absolute atomic E-state index is 0. The highest BCUT2D eigenvalue weighted by Gasteiger charge is 2.20. The summed E-state index contributed by atoms with van der Waals surface area (Å²) in [6, 6.07) is 5.91. The quantitative estimate of drug-likeness (QED) is 0.277. The largest absolute Gasteiger partial charge is 0.489 e. The van der Waals surface area contributed by atoms with Gasteiger partial charge in [0.05, 0.1) is 12.3 Å². The summed E-state index contributed by atoms with van der Waals surface area (Å²) in [5, 5.41) is 6.39. The van der Waals surface area contributed by atoms with Crippen molar-refractivity contribution >= 4 is 39.8 Å². The first-order valence-corrected chi connectivity index (χ1v) is 11.2. The second-order valence-corrected chi connectivity index (χ2v) is 9.76. The zero-order valence-corrected chi connectivity index (χ0v) is 20.4. The van der Waals surface area contributed by atoms with E-state index in [9.17, 15) is 12.8 Å². The molecule has 0 amide bonds. The molecule has 0 heterocycles. The number of aliphatic imine (C=N–C) groups is 1. The average Bonchev–Trinajstić information content (AvgIpc) is 2.57. The second kappa shape index (κ2) is 12.5. The number of hydrogen-bond donors (Lipinski definition) is 2. The third-order valence-corrected chi connectivity index (χ3v) is 4.81. The lowest BCUT2D eigenvalue weighted by Gasteiger charge is -2.23. The van der Waals surface area contributed by atoms with Gasteiger partial charge in [0.2, 0.25) is 0 Å². The van der Waals surface area contributed by atoms with E-state index in [0.29, 0.717) is 37.8 Å². The van der Waals surface area contributed by atoms with Crippen molar-refractivity contribution in [2.24, 2.45) is 10.4 Å². The van der Waals surface area contributed by atoms with E-state index < -0.39 is 9.84 Å². The van der Waals surface area contributed by atoms with Crippen LogP contribution in [0.25, 0.3) is 0 Å². The van der Waals surface area contributed by atoms with Crippen molar-refractivity contribution < 1.29 is 17.5 Å². The van der Waals surface area contributed by atoms with Crippen LogP contribution in [0.1, 0.15) is 34.1 Å². The van der Waals surface area contributed by atoms with Gasteiger partial charge < -0.3 is 15.4 Å². The van der Waals surface area contributed by atoms with Crippen LogP contribution >= 0.6 is 24.0 Å². The highest BCUT2D eigenvalue weighted by molar-refractivity contribution is 14.0. The Morgan fingerprint density at radius 3 is 2.39 bits per heavy atom. The fourth-order valence-corrected chi connectivity index (χ4v) is 3.13. The molecule has 0 saturated heterocycles. The number of nitrogens with zero attached hydrogens (tertiary/aromatic N) is 1. The second-order valence-electron chi connectivity index (χ2n) is 7.50. The van der Waals surface area contributed by atoms with Gasteiger partial charge in [-0.1, -0.05) is 13.8 Å². The molecule has 162 valence electrons. The molecule has 6 nitrogen and oxygen atoms in total. The molecule has 1 aromatic rings. The SMILES string of the molecule is CCNC(=NCC(C)(C)CCS(C)(=O)=O)NCC(C)Oc1ccc(F)cc1.I. The van der Waals surface area contributed by atoms with Gasteiger partial charge in [-0.3, -0.25) is 4.99 Å². The molecule has 1 aromatic carbocycles. The minimum Gasteiger partial charge on any atom is -0.489 e. The van der Waals surface area contributed by atoms with Crippen molar-refractivity contribution in [1.29, 1.82) is 0 Å². The molecule has 28 heavy (non-hydrogen) atoms. The molecule has 1 atom stereocenters. The molecule has 0 aliphatic heterocycles. The Balaban J connectivity index is 0.00000729. The van der Waals surface area contributed by atoms with E-state index in [1.54, 1.807) is 12.1 Å². The number of halogens is 2. The maximum absolute atomic E-state index is 12.9. The Hall–Kier alpha value is -1.10. The van der Waals surface area contributed by atoms with Gasteiger partial charge in [0.25, 0.3) is 0 Å². The lowest BCUT2D eigenvalue weighted by Crippen LogP contribution is -2.42. The predicted molar refractivity (Wildman–Crippen MR) is 124 cm³/mol. The normalized spacial score (nSPS) is 13.4. The molecule has 2 N–H and O–H groups in total. The lowest BCUT2D eigenvalue weighted by molar-refractivity contribution is 0.223. The Morgan fingerprint density at radius 2 is 1.86 bits per heavy atom. The first kappa shape index (κ1) is 26.9. The van der Waals surface area contributed by atoms with Crippen LogP contribution in [0.5, 0.6) is 5.75 Å². The van der Waals surface area contributed by atoms with Crippen LogP contribution in [-0.2, 0) is 9.84 Å². The fraction of sp³-hybridized carbons (Fsp3) is 0.632. The average molecular weight is 529 g/mol. The van der Waals surface area contributed by atoms with Gasteiger partial charge in [-0.05, 0) is 49.9 Å². The van der Waals surface area contributed by atoms with E-state index in [2.05, 4.69) is 15.6 Å². The van der Waals surface area contributed by atoms with Gasteiger partial charge in [-0.25, -0.2) is 12.8 Å². The fourth-order valence-electron chi connectivity index (χ4n) is 2.20. The van der Waals surface area contributed by atoms with Crippen molar-refractivity contribution in [3.05, 3.63) is 30.1 Å². The summed E-state index contributed by atoms with van der Waals surface area (Å²) in [6.45, 7) is 9.64. The van der Waals surface area contributed by atoms with E-state index >= 15 is 0 Å². The monoisotopic (exact) mass is 529 g/mol. The third-order valence-electron chi connectivity index (χ3n) is 3.87. The minimum atomic E-state index is -2.98. The number of ether oxygens (including phenoxy) is 1. The lowest BCUT2D eigenvalue weighted by atomic mass is 9.90. The highest BCUT2D eigenvalue weighted by atomic mass is 127. The molecule has 0 aliphatic carbocycles. The van der Waals surface area contributed by atoms with E-state index in [1.807, 2.05) is 27.7 Å². The third kappa shape index (κ3) is 12.4. The summed E-state index contributed by atoms with van der Waals surface area (Å²) in [6.07, 6.45) is 1.66. The summed E-state index contributed by atoms with van der Waals surface area (Å²) in [7, 11) is -2.98. The zero-order valence-electron chi connectivity index (χ0n) is 17.3. The predicted octanol–water partition coefficient (Wildman–Crippen LogP) is 3.23. The van der Waals surface area contributed by atoms with E-state index in [1.165, 1.54) is 18.4 Å². The summed E-state index contributed by atoms with van der Waals surface area (Å²) in [5.41, 5.74) is -0.221. The summed E-state index contributed by atoms with van der Waals surface area (Å²) in [4.78, 5) is 4.57. The molecule has 0 aromatic heterocycles. The number of sulfone groups is 1. The van der Waals surface area contributed by atoms with E-state index in [4.69, 9.17) is 4.74 Å². The standard InChI is InChI=1S/C19H32FN3O3S.HI/c1-6-21-18(23-14-19(3,4)11-12-27(5,24)25)22-13-15(2)26-17-9-7-16(20)8-10-17;/h7-10,15H,6,11-14H2,1-5H3,(H2,21,22,23);1H. The summed E-state index contributed by atoms with van der Waals surface area (Å²) >= 11 is 0. The molecule has 0 radical (unpaired) electrons. The van der Waals surface area contributed by atoms with Gasteiger partial charge in [0.15, 0.2) is 5.96 Å². The molecule has 0 aliphatic rings. The van der Waals surface area contributed by atoms with Gasteiger partial charge >= 0.3 is 0 Å². The Labute approximate surface area is 185 Å². The van der Waals surface area contributed by atoms with Crippen LogP contribution in [-0.4, -0.2) is 52.1 Å². The maximum atomic E-state index is 12.9. The first-order valence-electron chi connectivity index (χ1n) is 9.13. The van der Waals surface area contributed by atoms with Gasteiger partial charge in [-0.15, -0.1) is 24.0 Å². The van der Waals surface area contributed by atoms with Crippen molar-refractivity contribution in [2.45, 2.75) is 40.2 Å². The van der Waals surface area contributed by atoms with Gasteiger partial charge in [-0.2, -0.15) is 0 Å². The van der Waals surface area contributed by atoms with Crippen molar-refractivity contribution in [2.75, 3.05) is 31.6 Å². The number of nitrogens with one attached hydrogen (secondary N) is 2. The van der Waals surface area contributed by atoms with Crippen LogP contribution < -0.4 is 15.4 Å². The van der Waals surface area contributed by atoms with Crippen LogP contribution in [0.15, 0.2) is 29.3 Å². The molecular weight excluding hydrogens is 496 g/mol. The molecule has 1 rings (SSSR count). The van der Waals surface area contributed by atoms with Crippen LogP contribution in [0, 0.1) is 11.2 Å². The van der Waals surface area contributed by atoms with Gasteiger partial charge in [0.1, 0.15) is 27.5 Å². The van der Waals surface area contributed by atoms with Crippen LogP contribution in [0.4, 0.5) is 4.39 Å². The molecule has 9 heteroatoms. The Morgan fingerprint density at radius 1 is 1.25 bits per heavy atom. The molecule has 0 bridgehead atoms. The van der Waals surface area contributed by atoms with Crippen molar-refractivity contribution in [1.82, 2.24) is 10.6 Å². The number of rotatable bonds is 10. The Kier molecular flexibility index (Phi) is 12.0.